The highest BCUT2D eigenvalue weighted by Gasteiger charge is 2.45. The molecule has 2 aliphatic carbocycles. The van der Waals surface area contributed by atoms with Crippen molar-refractivity contribution in [2.24, 2.45) is 5.92 Å². The highest BCUT2D eigenvalue weighted by molar-refractivity contribution is 5.83. The molecule has 0 aromatic heterocycles. The van der Waals surface area contributed by atoms with E-state index in [0.29, 0.717) is 6.61 Å². The number of ether oxygens (including phenoxy) is 1. The van der Waals surface area contributed by atoms with Crippen molar-refractivity contribution in [1.82, 2.24) is 5.32 Å². The molecule has 0 spiro atoms. The normalized spacial score (nSPS) is 25.1. The summed E-state index contributed by atoms with van der Waals surface area (Å²) in [5.41, 5.74) is 1.80. The van der Waals surface area contributed by atoms with Crippen LogP contribution in [-0.2, 0) is 21.5 Å². The number of fused-ring (bicyclic) bond motifs is 1. The van der Waals surface area contributed by atoms with E-state index in [1.165, 1.54) is 18.4 Å². The van der Waals surface area contributed by atoms with Crippen LogP contribution >= 0.6 is 0 Å². The van der Waals surface area contributed by atoms with E-state index in [2.05, 4.69) is 23.5 Å². The first-order chi connectivity index (χ1) is 9.76. The van der Waals surface area contributed by atoms with E-state index in [9.17, 15) is 4.79 Å². The van der Waals surface area contributed by atoms with Gasteiger partial charge >= 0.3 is 5.97 Å². The van der Waals surface area contributed by atoms with Crippen molar-refractivity contribution in [3.05, 3.63) is 35.4 Å². The maximum Gasteiger partial charge on any atom is 0.330 e. The fourth-order valence-electron chi connectivity index (χ4n) is 3.20. The molecule has 1 saturated carbocycles. The monoisotopic (exact) mass is 273 g/mol. The van der Waals surface area contributed by atoms with Crippen LogP contribution in [0.5, 0.6) is 0 Å². The zero-order valence-electron chi connectivity index (χ0n) is 12.2. The third-order valence-electron chi connectivity index (χ3n) is 4.49. The van der Waals surface area contributed by atoms with E-state index in [1.54, 1.807) is 0 Å². The average Bonchev–Trinajstić information content (AvgIpc) is 3.29. The minimum absolute atomic E-state index is 0.104. The van der Waals surface area contributed by atoms with Crippen LogP contribution in [-0.4, -0.2) is 19.1 Å². The van der Waals surface area contributed by atoms with Crippen molar-refractivity contribution >= 4 is 5.97 Å². The van der Waals surface area contributed by atoms with Crippen molar-refractivity contribution in [3.63, 3.8) is 0 Å². The summed E-state index contributed by atoms with van der Waals surface area (Å²) < 4.78 is 5.39. The van der Waals surface area contributed by atoms with Gasteiger partial charge in [-0.15, -0.1) is 0 Å². The lowest BCUT2D eigenvalue weighted by atomic mass is 9.76. The SMILES string of the molecule is CCOC(=O)C1(NCC2CC2)CCCc2ccccc21. The van der Waals surface area contributed by atoms with Crippen molar-refractivity contribution in [2.75, 3.05) is 13.2 Å². The van der Waals surface area contributed by atoms with Gasteiger partial charge in [0, 0.05) is 0 Å². The number of benzene rings is 1. The van der Waals surface area contributed by atoms with Gasteiger partial charge in [-0.05, 0) is 62.6 Å². The van der Waals surface area contributed by atoms with E-state index >= 15 is 0 Å². The van der Waals surface area contributed by atoms with Gasteiger partial charge in [-0.3, -0.25) is 5.32 Å². The highest BCUT2D eigenvalue weighted by atomic mass is 16.5. The molecule has 1 aromatic rings. The summed E-state index contributed by atoms with van der Waals surface area (Å²) in [5.74, 6) is 0.642. The summed E-state index contributed by atoms with van der Waals surface area (Å²) in [5, 5.41) is 3.56. The van der Waals surface area contributed by atoms with Crippen LogP contribution < -0.4 is 5.32 Å². The Hall–Kier alpha value is -1.35. The Morgan fingerprint density at radius 3 is 2.95 bits per heavy atom. The van der Waals surface area contributed by atoms with E-state index in [-0.39, 0.29) is 5.97 Å². The second-order valence-corrected chi connectivity index (χ2v) is 5.96. The fourth-order valence-corrected chi connectivity index (χ4v) is 3.20. The Morgan fingerprint density at radius 2 is 2.20 bits per heavy atom. The first-order valence-electron chi connectivity index (χ1n) is 7.77. The minimum atomic E-state index is -0.618. The Balaban J connectivity index is 1.94. The lowest BCUT2D eigenvalue weighted by Gasteiger charge is -2.38. The predicted octanol–water partition coefficient (Wildman–Crippen LogP) is 2.78. The molecule has 3 heteroatoms. The zero-order valence-corrected chi connectivity index (χ0v) is 12.2. The Labute approximate surface area is 120 Å². The number of hydrogen-bond acceptors (Lipinski definition) is 3. The van der Waals surface area contributed by atoms with Gasteiger partial charge in [0.05, 0.1) is 6.61 Å². The minimum Gasteiger partial charge on any atom is -0.464 e. The first kappa shape index (κ1) is 13.6. The van der Waals surface area contributed by atoms with E-state index in [0.717, 1.165) is 37.3 Å². The van der Waals surface area contributed by atoms with Gasteiger partial charge in [0.25, 0.3) is 0 Å². The second kappa shape index (κ2) is 5.57. The average molecular weight is 273 g/mol. The molecular weight excluding hydrogens is 250 g/mol. The summed E-state index contributed by atoms with van der Waals surface area (Å²) in [6.45, 7) is 3.24. The van der Waals surface area contributed by atoms with Crippen LogP contribution in [0.3, 0.4) is 0 Å². The number of hydrogen-bond donors (Lipinski definition) is 1. The number of rotatable bonds is 5. The summed E-state index contributed by atoms with van der Waals surface area (Å²) in [7, 11) is 0. The first-order valence-corrected chi connectivity index (χ1v) is 7.77. The summed E-state index contributed by atoms with van der Waals surface area (Å²) >= 11 is 0. The number of carbonyl (C=O) groups excluding carboxylic acids is 1. The molecule has 1 atom stereocenters. The van der Waals surface area contributed by atoms with Gasteiger partial charge in [-0.25, -0.2) is 4.79 Å². The van der Waals surface area contributed by atoms with E-state index < -0.39 is 5.54 Å². The van der Waals surface area contributed by atoms with Crippen LogP contribution in [0.4, 0.5) is 0 Å². The molecule has 0 saturated heterocycles. The lowest BCUT2D eigenvalue weighted by molar-refractivity contribution is -0.152. The third kappa shape index (κ3) is 2.47. The molecular formula is C17H23NO2. The standard InChI is InChI=1S/C17H23NO2/c1-2-20-16(19)17(18-12-13-9-10-13)11-5-7-14-6-3-4-8-15(14)17/h3-4,6,8,13,18H,2,5,7,9-12H2,1H3. The summed E-state index contributed by atoms with van der Waals surface area (Å²) in [6, 6.07) is 8.31. The largest absolute Gasteiger partial charge is 0.464 e. The van der Waals surface area contributed by atoms with Crippen LogP contribution in [0.2, 0.25) is 0 Å². The van der Waals surface area contributed by atoms with Gasteiger partial charge in [0.1, 0.15) is 5.54 Å². The molecule has 108 valence electrons. The van der Waals surface area contributed by atoms with Gasteiger partial charge in [-0.1, -0.05) is 24.3 Å². The quantitative estimate of drug-likeness (QED) is 0.838. The van der Waals surface area contributed by atoms with Crippen LogP contribution in [0.1, 0.15) is 43.7 Å². The molecule has 1 aromatic carbocycles. The number of aryl methyl sites for hydroxylation is 1. The molecule has 0 heterocycles. The zero-order chi connectivity index (χ0) is 14.0. The van der Waals surface area contributed by atoms with Gasteiger partial charge in [-0.2, -0.15) is 0 Å². The highest BCUT2D eigenvalue weighted by Crippen LogP contribution is 2.38. The number of carbonyl (C=O) groups is 1. The molecule has 3 nitrogen and oxygen atoms in total. The van der Waals surface area contributed by atoms with Gasteiger partial charge < -0.3 is 4.74 Å². The predicted molar refractivity (Wildman–Crippen MR) is 78.4 cm³/mol. The molecule has 20 heavy (non-hydrogen) atoms. The molecule has 1 N–H and O–H groups in total. The molecule has 0 amide bonds. The van der Waals surface area contributed by atoms with Crippen molar-refractivity contribution in [2.45, 2.75) is 44.6 Å². The number of nitrogens with one attached hydrogen (secondary N) is 1. The van der Waals surface area contributed by atoms with Gasteiger partial charge in [0.2, 0.25) is 0 Å². The molecule has 0 aliphatic heterocycles. The maximum absolute atomic E-state index is 12.6. The maximum atomic E-state index is 12.6. The van der Waals surface area contributed by atoms with Crippen LogP contribution in [0, 0.1) is 5.92 Å². The van der Waals surface area contributed by atoms with Crippen LogP contribution in [0.25, 0.3) is 0 Å². The molecule has 2 aliphatic rings. The molecule has 3 rings (SSSR count). The Morgan fingerprint density at radius 1 is 1.40 bits per heavy atom. The summed E-state index contributed by atoms with van der Waals surface area (Å²) in [4.78, 5) is 12.6. The lowest BCUT2D eigenvalue weighted by Crippen LogP contribution is -2.52. The Kier molecular flexibility index (Phi) is 3.79. The molecule has 1 unspecified atom stereocenters. The van der Waals surface area contributed by atoms with E-state index in [4.69, 9.17) is 4.74 Å². The van der Waals surface area contributed by atoms with Crippen LogP contribution in [0.15, 0.2) is 24.3 Å². The van der Waals surface area contributed by atoms with Gasteiger partial charge in [0.15, 0.2) is 0 Å². The van der Waals surface area contributed by atoms with Crippen molar-refractivity contribution in [3.8, 4) is 0 Å². The molecule has 1 fully saturated rings. The van der Waals surface area contributed by atoms with Crippen molar-refractivity contribution in [1.29, 1.82) is 0 Å². The molecule has 0 radical (unpaired) electrons. The smallest absolute Gasteiger partial charge is 0.330 e. The molecule has 0 bridgehead atoms. The Bertz CT molecular complexity index is 496. The fraction of sp³-hybridized carbons (Fsp3) is 0.588. The number of esters is 1. The third-order valence-corrected chi connectivity index (χ3v) is 4.49. The van der Waals surface area contributed by atoms with E-state index in [1.807, 2.05) is 13.0 Å². The van der Waals surface area contributed by atoms with Crippen molar-refractivity contribution < 1.29 is 9.53 Å². The second-order valence-electron chi connectivity index (χ2n) is 5.96. The summed E-state index contributed by atoms with van der Waals surface area (Å²) in [6.07, 6.45) is 5.51. The topological polar surface area (TPSA) is 38.3 Å².